The van der Waals surface area contributed by atoms with Crippen LogP contribution in [0.5, 0.6) is 5.75 Å². The quantitative estimate of drug-likeness (QED) is 0.326. The minimum Gasteiger partial charge on any atom is -0.496 e. The lowest BCUT2D eigenvalue weighted by Gasteiger charge is -2.08. The predicted octanol–water partition coefficient (Wildman–Crippen LogP) is 1.91. The van der Waals surface area contributed by atoms with Crippen LogP contribution in [0.15, 0.2) is 23.2 Å². The van der Waals surface area contributed by atoms with Gasteiger partial charge in [0, 0.05) is 6.54 Å². The van der Waals surface area contributed by atoms with Crippen molar-refractivity contribution < 1.29 is 14.3 Å². The van der Waals surface area contributed by atoms with Crippen molar-refractivity contribution in [2.75, 3.05) is 20.8 Å². The zero-order chi connectivity index (χ0) is 15.0. The number of nitrogens with two attached hydrogens (primary N) is 1. The Kier molecular flexibility index (Phi) is 9.51. The van der Waals surface area contributed by atoms with E-state index in [4.69, 9.17) is 15.2 Å². The van der Waals surface area contributed by atoms with Crippen molar-refractivity contribution in [2.24, 2.45) is 10.7 Å². The van der Waals surface area contributed by atoms with Crippen molar-refractivity contribution in [1.82, 2.24) is 5.32 Å². The maximum atomic E-state index is 11.6. The van der Waals surface area contributed by atoms with Crippen LogP contribution in [0.3, 0.4) is 0 Å². The summed E-state index contributed by atoms with van der Waals surface area (Å²) in [4.78, 5) is 15.9. The van der Waals surface area contributed by atoms with Gasteiger partial charge in [0.05, 0.1) is 20.8 Å². The highest BCUT2D eigenvalue weighted by atomic mass is 127. The molecule has 1 aromatic carbocycles. The van der Waals surface area contributed by atoms with E-state index in [0.29, 0.717) is 23.8 Å². The summed E-state index contributed by atoms with van der Waals surface area (Å²) in [5.41, 5.74) is 6.94. The number of guanidine groups is 1. The average molecular weight is 407 g/mol. The molecule has 7 heteroatoms. The second kappa shape index (κ2) is 10.3. The van der Waals surface area contributed by atoms with Crippen LogP contribution in [0.2, 0.25) is 0 Å². The monoisotopic (exact) mass is 407 g/mol. The van der Waals surface area contributed by atoms with Gasteiger partial charge in [0.2, 0.25) is 0 Å². The largest absolute Gasteiger partial charge is 0.496 e. The summed E-state index contributed by atoms with van der Waals surface area (Å²) in [5.74, 6) is 0.425. The number of nitrogens with one attached hydrogen (secondary N) is 1. The minimum absolute atomic E-state index is 0. The Bertz CT molecular complexity index is 492. The number of methoxy groups -OCH3 is 2. The van der Waals surface area contributed by atoms with Crippen LogP contribution in [0.4, 0.5) is 0 Å². The Morgan fingerprint density at radius 1 is 1.38 bits per heavy atom. The van der Waals surface area contributed by atoms with Crippen molar-refractivity contribution >= 4 is 35.9 Å². The van der Waals surface area contributed by atoms with Crippen LogP contribution in [0, 0.1) is 0 Å². The first-order valence-corrected chi connectivity index (χ1v) is 6.41. The number of aliphatic imine (C=N–C) groups is 1. The Labute approximate surface area is 142 Å². The first-order valence-electron chi connectivity index (χ1n) is 6.41. The molecule has 0 heterocycles. The summed E-state index contributed by atoms with van der Waals surface area (Å²) in [6.45, 7) is 3.22. The maximum Gasteiger partial charge on any atom is 0.341 e. The zero-order valence-corrected chi connectivity index (χ0v) is 14.8. The van der Waals surface area contributed by atoms with Crippen LogP contribution in [-0.4, -0.2) is 32.7 Å². The molecule has 0 spiro atoms. The number of carbonyl (C=O) groups is 1. The zero-order valence-electron chi connectivity index (χ0n) is 12.5. The Morgan fingerprint density at radius 3 is 2.67 bits per heavy atom. The SMILES string of the molecule is CCCNC(N)=NCc1ccc(OC)c(C(=O)OC)c1.I. The third-order valence-electron chi connectivity index (χ3n) is 2.66. The van der Waals surface area contributed by atoms with E-state index in [1.54, 1.807) is 12.1 Å². The van der Waals surface area contributed by atoms with E-state index in [-0.39, 0.29) is 24.0 Å². The highest BCUT2D eigenvalue weighted by molar-refractivity contribution is 14.0. The van der Waals surface area contributed by atoms with E-state index in [9.17, 15) is 4.79 Å². The van der Waals surface area contributed by atoms with Gasteiger partial charge in [0.15, 0.2) is 5.96 Å². The molecule has 1 aromatic rings. The molecule has 6 nitrogen and oxygen atoms in total. The fourth-order valence-corrected chi connectivity index (χ4v) is 1.61. The van der Waals surface area contributed by atoms with Gasteiger partial charge in [-0.25, -0.2) is 9.79 Å². The summed E-state index contributed by atoms with van der Waals surface area (Å²) in [7, 11) is 2.84. The molecule has 0 radical (unpaired) electrons. The first kappa shape index (κ1) is 19.5. The Morgan fingerprint density at radius 2 is 2.10 bits per heavy atom. The number of esters is 1. The minimum atomic E-state index is -0.440. The van der Waals surface area contributed by atoms with Crippen LogP contribution in [-0.2, 0) is 11.3 Å². The van der Waals surface area contributed by atoms with Gasteiger partial charge in [0.25, 0.3) is 0 Å². The molecule has 0 fully saturated rings. The molecule has 3 N–H and O–H groups in total. The second-order valence-electron chi connectivity index (χ2n) is 4.15. The number of hydrogen-bond donors (Lipinski definition) is 2. The number of benzene rings is 1. The molecule has 0 unspecified atom stereocenters. The highest BCUT2D eigenvalue weighted by Gasteiger charge is 2.13. The van der Waals surface area contributed by atoms with Crippen molar-refractivity contribution in [3.63, 3.8) is 0 Å². The number of hydrogen-bond acceptors (Lipinski definition) is 4. The van der Waals surface area contributed by atoms with Crippen LogP contribution < -0.4 is 15.8 Å². The van der Waals surface area contributed by atoms with Gasteiger partial charge in [-0.3, -0.25) is 0 Å². The number of carbonyl (C=O) groups excluding carboxylic acids is 1. The molecule has 0 aliphatic rings. The average Bonchev–Trinajstić information content (AvgIpc) is 2.49. The number of halogens is 1. The van der Waals surface area contributed by atoms with Gasteiger partial charge in [-0.05, 0) is 24.1 Å². The van der Waals surface area contributed by atoms with E-state index < -0.39 is 5.97 Å². The maximum absolute atomic E-state index is 11.6. The van der Waals surface area contributed by atoms with Crippen molar-refractivity contribution in [2.45, 2.75) is 19.9 Å². The molecule has 0 saturated heterocycles. The van der Waals surface area contributed by atoms with Crippen molar-refractivity contribution in [1.29, 1.82) is 0 Å². The lowest BCUT2D eigenvalue weighted by atomic mass is 10.1. The predicted molar refractivity (Wildman–Crippen MR) is 93.4 cm³/mol. The van der Waals surface area contributed by atoms with Crippen molar-refractivity contribution in [3.05, 3.63) is 29.3 Å². The summed E-state index contributed by atoms with van der Waals surface area (Å²) < 4.78 is 9.85. The molecule has 0 aliphatic carbocycles. The molecule has 0 atom stereocenters. The van der Waals surface area contributed by atoms with Crippen LogP contribution >= 0.6 is 24.0 Å². The summed E-state index contributed by atoms with van der Waals surface area (Å²) in [6.07, 6.45) is 0.977. The standard InChI is InChI=1S/C14H21N3O3.HI/c1-4-7-16-14(15)17-9-10-5-6-12(19-2)11(8-10)13(18)20-3;/h5-6,8H,4,7,9H2,1-3H3,(H3,15,16,17);1H. The van der Waals surface area contributed by atoms with Crippen LogP contribution in [0.25, 0.3) is 0 Å². The Hall–Kier alpha value is -1.51. The topological polar surface area (TPSA) is 85.9 Å². The van der Waals surface area contributed by atoms with Gasteiger partial charge < -0.3 is 20.5 Å². The summed E-state index contributed by atoms with van der Waals surface area (Å²) in [5, 5.41) is 2.99. The van der Waals surface area contributed by atoms with Gasteiger partial charge in [-0.15, -0.1) is 24.0 Å². The summed E-state index contributed by atoms with van der Waals surface area (Å²) >= 11 is 0. The fraction of sp³-hybridized carbons (Fsp3) is 0.429. The molecular formula is C14H22IN3O3. The van der Waals surface area contributed by atoms with E-state index in [0.717, 1.165) is 18.5 Å². The third-order valence-corrected chi connectivity index (χ3v) is 2.66. The number of rotatable bonds is 6. The molecule has 0 aliphatic heterocycles. The molecule has 0 saturated carbocycles. The number of nitrogens with zero attached hydrogens (tertiary/aromatic N) is 1. The lowest BCUT2D eigenvalue weighted by molar-refractivity contribution is 0.0597. The van der Waals surface area contributed by atoms with Gasteiger partial charge >= 0.3 is 5.97 Å². The number of ether oxygens (including phenoxy) is 2. The van der Waals surface area contributed by atoms with Crippen molar-refractivity contribution in [3.8, 4) is 5.75 Å². The molecule has 0 aromatic heterocycles. The first-order chi connectivity index (χ1) is 9.62. The van der Waals surface area contributed by atoms with E-state index in [1.165, 1.54) is 14.2 Å². The fourth-order valence-electron chi connectivity index (χ4n) is 1.61. The summed E-state index contributed by atoms with van der Waals surface area (Å²) in [6, 6.07) is 5.25. The molecule has 1 rings (SSSR count). The molecule has 118 valence electrons. The van der Waals surface area contributed by atoms with Crippen LogP contribution in [0.1, 0.15) is 29.3 Å². The van der Waals surface area contributed by atoms with E-state index in [2.05, 4.69) is 10.3 Å². The van der Waals surface area contributed by atoms with E-state index >= 15 is 0 Å². The Balaban J connectivity index is 0.00000400. The molecule has 0 amide bonds. The molecule has 0 bridgehead atoms. The highest BCUT2D eigenvalue weighted by Crippen LogP contribution is 2.21. The normalized spacial score (nSPS) is 10.5. The van der Waals surface area contributed by atoms with E-state index in [1.807, 2.05) is 13.0 Å². The molecule has 21 heavy (non-hydrogen) atoms. The van der Waals surface area contributed by atoms with Gasteiger partial charge in [-0.1, -0.05) is 13.0 Å². The van der Waals surface area contributed by atoms with Gasteiger partial charge in [0.1, 0.15) is 11.3 Å². The van der Waals surface area contributed by atoms with Gasteiger partial charge in [-0.2, -0.15) is 0 Å². The second-order valence-corrected chi connectivity index (χ2v) is 4.15. The third kappa shape index (κ3) is 6.19. The molecular weight excluding hydrogens is 385 g/mol. The smallest absolute Gasteiger partial charge is 0.341 e. The lowest BCUT2D eigenvalue weighted by Crippen LogP contribution is -2.32.